The maximum Gasteiger partial charge on any atom is 0.144 e. The van der Waals surface area contributed by atoms with Crippen LogP contribution in [0.25, 0.3) is 0 Å². The normalized spacial score (nSPS) is 9.40. The van der Waals surface area contributed by atoms with Gasteiger partial charge < -0.3 is 5.32 Å². The summed E-state index contributed by atoms with van der Waals surface area (Å²) >= 11 is 5.75. The number of pyridine rings is 1. The molecule has 0 saturated heterocycles. The maximum atomic E-state index is 5.75. The van der Waals surface area contributed by atoms with E-state index < -0.39 is 0 Å². The Kier molecular flexibility index (Phi) is 2.51. The van der Waals surface area contributed by atoms with Crippen LogP contribution in [0.5, 0.6) is 0 Å². The predicted octanol–water partition coefficient (Wildman–Crippen LogP) is 1.98. The van der Waals surface area contributed by atoms with Crippen LogP contribution in [0.4, 0.5) is 5.82 Å². The fourth-order valence-corrected chi connectivity index (χ4v) is 0.823. The highest BCUT2D eigenvalue weighted by Crippen LogP contribution is 2.16. The summed E-state index contributed by atoms with van der Waals surface area (Å²) in [4.78, 5) is 3.98. The number of anilines is 1. The lowest BCUT2D eigenvalue weighted by molar-refractivity contribution is 1.23. The lowest BCUT2D eigenvalue weighted by Gasteiger charge is -2.01. The molecule has 1 rings (SSSR count). The molecule has 0 aliphatic heterocycles. The van der Waals surface area contributed by atoms with Crippen LogP contribution < -0.4 is 5.32 Å². The van der Waals surface area contributed by atoms with Crippen LogP contribution in [0.3, 0.4) is 0 Å². The van der Waals surface area contributed by atoms with Crippen molar-refractivity contribution in [2.24, 2.45) is 0 Å². The van der Waals surface area contributed by atoms with Gasteiger partial charge in [-0.2, -0.15) is 0 Å². The van der Waals surface area contributed by atoms with Gasteiger partial charge in [0.15, 0.2) is 0 Å². The number of nitrogens with zero attached hydrogens (tertiary/aromatic N) is 1. The van der Waals surface area contributed by atoms with Crippen LogP contribution >= 0.6 is 11.6 Å². The van der Waals surface area contributed by atoms with E-state index in [-0.39, 0.29) is 0 Å². The zero-order chi connectivity index (χ0) is 7.40. The maximum absolute atomic E-state index is 5.75. The fraction of sp³-hybridized carbons (Fsp3) is 0.143. The Labute approximate surface area is 65.2 Å². The van der Waals surface area contributed by atoms with Gasteiger partial charge in [-0.25, -0.2) is 4.98 Å². The van der Waals surface area contributed by atoms with Crippen molar-refractivity contribution in [2.45, 2.75) is 0 Å². The predicted molar refractivity (Wildman–Crippen MR) is 43.1 cm³/mol. The Balaban J connectivity index is 2.81. The Hall–Kier alpha value is -0.760. The molecule has 53 valence electrons. The van der Waals surface area contributed by atoms with Crippen molar-refractivity contribution in [3.05, 3.63) is 30.3 Å². The van der Waals surface area contributed by atoms with Gasteiger partial charge in [0, 0.05) is 12.7 Å². The van der Waals surface area contributed by atoms with Gasteiger partial charge in [0.2, 0.25) is 0 Å². The zero-order valence-electron chi connectivity index (χ0n) is 5.47. The van der Waals surface area contributed by atoms with E-state index in [1.165, 1.54) is 0 Å². The minimum atomic E-state index is 0.594. The second kappa shape index (κ2) is 3.42. The Morgan fingerprint density at radius 3 is 3.10 bits per heavy atom. The summed E-state index contributed by atoms with van der Waals surface area (Å²) in [6.07, 6.45) is 1.68. The van der Waals surface area contributed by atoms with Gasteiger partial charge in [-0.1, -0.05) is 11.6 Å². The van der Waals surface area contributed by atoms with Crippen LogP contribution in [-0.4, -0.2) is 11.5 Å². The van der Waals surface area contributed by atoms with Gasteiger partial charge in [-0.15, -0.1) is 0 Å². The van der Waals surface area contributed by atoms with Crippen molar-refractivity contribution in [2.75, 3.05) is 11.9 Å². The largest absolute Gasteiger partial charge is 0.369 e. The van der Waals surface area contributed by atoms with E-state index in [9.17, 15) is 0 Å². The third kappa shape index (κ3) is 1.61. The first kappa shape index (κ1) is 7.35. The molecule has 1 radical (unpaired) electrons. The Bertz CT molecular complexity index is 213. The number of hydrogen-bond donors (Lipinski definition) is 1. The molecule has 0 amide bonds. The molecule has 0 saturated carbocycles. The van der Waals surface area contributed by atoms with Gasteiger partial charge in [-0.05, 0) is 19.1 Å². The van der Waals surface area contributed by atoms with Gasteiger partial charge in [0.1, 0.15) is 5.82 Å². The number of halogens is 1. The zero-order valence-corrected chi connectivity index (χ0v) is 6.23. The Morgan fingerprint density at radius 2 is 2.50 bits per heavy atom. The first-order valence-electron chi connectivity index (χ1n) is 2.98. The molecule has 1 aromatic heterocycles. The van der Waals surface area contributed by atoms with Crippen LogP contribution in [0.2, 0.25) is 5.02 Å². The molecule has 0 atom stereocenters. The SMILES string of the molecule is [CH2]CNc1ncccc1Cl. The van der Waals surface area contributed by atoms with E-state index >= 15 is 0 Å². The summed E-state index contributed by atoms with van der Waals surface area (Å²) in [5, 5.41) is 3.55. The molecule has 0 fully saturated rings. The smallest absolute Gasteiger partial charge is 0.144 e. The molecule has 0 spiro atoms. The summed E-state index contributed by atoms with van der Waals surface area (Å²) in [7, 11) is 0. The average molecular weight is 156 g/mol. The van der Waals surface area contributed by atoms with E-state index in [2.05, 4.69) is 17.2 Å². The number of hydrogen-bond acceptors (Lipinski definition) is 2. The average Bonchev–Trinajstić information content (AvgIpc) is 1.94. The molecule has 0 aliphatic rings. The number of nitrogens with one attached hydrogen (secondary N) is 1. The lowest BCUT2D eigenvalue weighted by Crippen LogP contribution is -1.99. The minimum absolute atomic E-state index is 0.594. The van der Waals surface area contributed by atoms with Crippen molar-refractivity contribution < 1.29 is 0 Å². The topological polar surface area (TPSA) is 24.9 Å². The molecule has 1 heterocycles. The van der Waals surface area contributed by atoms with Crippen LogP contribution in [0.15, 0.2) is 18.3 Å². The summed E-state index contributed by atoms with van der Waals surface area (Å²) in [6.45, 7) is 4.21. The summed E-state index contributed by atoms with van der Waals surface area (Å²) in [6, 6.07) is 3.57. The molecule has 0 bridgehead atoms. The standard InChI is InChI=1S/C7H8ClN2/c1-2-9-7-6(8)4-3-5-10-7/h3-5H,1-2H2,(H,9,10). The molecular weight excluding hydrogens is 148 g/mol. The van der Waals surface area contributed by atoms with E-state index in [0.717, 1.165) is 0 Å². The molecule has 2 nitrogen and oxygen atoms in total. The highest BCUT2D eigenvalue weighted by molar-refractivity contribution is 6.32. The third-order valence-corrected chi connectivity index (χ3v) is 1.36. The molecule has 0 aliphatic carbocycles. The number of rotatable bonds is 2. The summed E-state index contributed by atoms with van der Waals surface area (Å²) in [5.74, 6) is 0.694. The van der Waals surface area contributed by atoms with Gasteiger partial charge >= 0.3 is 0 Å². The minimum Gasteiger partial charge on any atom is -0.369 e. The molecule has 10 heavy (non-hydrogen) atoms. The third-order valence-electron chi connectivity index (χ3n) is 1.05. The van der Waals surface area contributed by atoms with E-state index in [4.69, 9.17) is 11.6 Å². The van der Waals surface area contributed by atoms with Crippen molar-refractivity contribution in [3.63, 3.8) is 0 Å². The molecule has 1 aromatic rings. The Morgan fingerprint density at radius 1 is 1.70 bits per heavy atom. The first-order chi connectivity index (χ1) is 4.84. The highest BCUT2D eigenvalue weighted by atomic mass is 35.5. The van der Waals surface area contributed by atoms with Gasteiger partial charge in [0.25, 0.3) is 0 Å². The number of aromatic nitrogens is 1. The first-order valence-corrected chi connectivity index (χ1v) is 3.36. The molecule has 0 unspecified atom stereocenters. The second-order valence-electron chi connectivity index (χ2n) is 1.76. The summed E-state index contributed by atoms with van der Waals surface area (Å²) in [5.41, 5.74) is 0. The van der Waals surface area contributed by atoms with Crippen LogP contribution in [0.1, 0.15) is 0 Å². The molecule has 0 aromatic carbocycles. The van der Waals surface area contributed by atoms with Crippen LogP contribution in [-0.2, 0) is 0 Å². The van der Waals surface area contributed by atoms with E-state index in [1.54, 1.807) is 18.3 Å². The van der Waals surface area contributed by atoms with Crippen LogP contribution in [0, 0.1) is 6.92 Å². The highest BCUT2D eigenvalue weighted by Gasteiger charge is 1.95. The lowest BCUT2D eigenvalue weighted by atomic mass is 10.4. The second-order valence-corrected chi connectivity index (χ2v) is 2.17. The van der Waals surface area contributed by atoms with Crippen molar-refractivity contribution in [1.29, 1.82) is 0 Å². The molecule has 1 N–H and O–H groups in total. The quantitative estimate of drug-likeness (QED) is 0.707. The monoisotopic (exact) mass is 155 g/mol. The molecular formula is C7H8ClN2. The van der Waals surface area contributed by atoms with Crippen molar-refractivity contribution in [3.8, 4) is 0 Å². The van der Waals surface area contributed by atoms with E-state index in [0.29, 0.717) is 17.4 Å². The summed E-state index contributed by atoms with van der Waals surface area (Å²) < 4.78 is 0. The van der Waals surface area contributed by atoms with Gasteiger partial charge in [-0.3, -0.25) is 0 Å². The molecule has 3 heteroatoms. The van der Waals surface area contributed by atoms with E-state index in [1.807, 2.05) is 0 Å². The van der Waals surface area contributed by atoms with Crippen molar-refractivity contribution >= 4 is 17.4 Å². The van der Waals surface area contributed by atoms with Gasteiger partial charge in [0.05, 0.1) is 5.02 Å². The van der Waals surface area contributed by atoms with Crippen molar-refractivity contribution in [1.82, 2.24) is 4.98 Å². The fourth-order valence-electron chi connectivity index (χ4n) is 0.634.